The molecular formula is C9H17NO2. The molecule has 1 aliphatic rings. The van der Waals surface area contributed by atoms with Gasteiger partial charge in [-0.05, 0) is 26.8 Å². The van der Waals surface area contributed by atoms with Gasteiger partial charge in [-0.25, -0.2) is 0 Å². The third-order valence-electron chi connectivity index (χ3n) is 2.70. The minimum atomic E-state index is -0.616. The molecule has 0 spiro atoms. The number of carbonyl (C=O) groups is 1. The number of nitrogens with zero attached hydrogens (tertiary/aromatic N) is 1. The van der Waals surface area contributed by atoms with Crippen LogP contribution in [0, 0.1) is 0 Å². The lowest BCUT2D eigenvalue weighted by molar-refractivity contribution is -0.109. The lowest BCUT2D eigenvalue weighted by atomic mass is 9.95. The second kappa shape index (κ2) is 3.54. The van der Waals surface area contributed by atoms with E-state index in [2.05, 4.69) is 11.8 Å². The first-order valence-corrected chi connectivity index (χ1v) is 4.44. The fourth-order valence-corrected chi connectivity index (χ4v) is 1.90. The standard InChI is InChI=1S/C9H17NO2/c1-8-6-9(12,4-3-5-11)7-10(8)2/h5,8,12H,3-4,6-7H2,1-2H3. The number of carbonyl (C=O) groups excluding carboxylic acids is 1. The summed E-state index contributed by atoms with van der Waals surface area (Å²) in [5.41, 5.74) is -0.616. The molecule has 1 heterocycles. The Balaban J connectivity index is 2.45. The van der Waals surface area contributed by atoms with E-state index < -0.39 is 5.60 Å². The summed E-state index contributed by atoms with van der Waals surface area (Å²) in [7, 11) is 2.00. The maximum atomic E-state index is 10.1. The maximum Gasteiger partial charge on any atom is 0.120 e. The lowest BCUT2D eigenvalue weighted by Crippen LogP contribution is -2.31. The van der Waals surface area contributed by atoms with Gasteiger partial charge in [0.25, 0.3) is 0 Å². The Morgan fingerprint density at radius 3 is 2.83 bits per heavy atom. The van der Waals surface area contributed by atoms with Gasteiger partial charge in [0, 0.05) is 19.0 Å². The minimum absolute atomic E-state index is 0.432. The molecule has 1 saturated heterocycles. The third kappa shape index (κ3) is 2.05. The molecule has 1 fully saturated rings. The van der Waals surface area contributed by atoms with Crippen LogP contribution in [-0.4, -0.2) is 41.5 Å². The first kappa shape index (κ1) is 9.68. The highest BCUT2D eigenvalue weighted by atomic mass is 16.3. The molecule has 2 unspecified atom stereocenters. The van der Waals surface area contributed by atoms with Crippen LogP contribution in [0.25, 0.3) is 0 Å². The zero-order valence-corrected chi connectivity index (χ0v) is 7.79. The highest BCUT2D eigenvalue weighted by Gasteiger charge is 2.37. The van der Waals surface area contributed by atoms with E-state index in [0.717, 1.165) is 12.7 Å². The van der Waals surface area contributed by atoms with E-state index in [-0.39, 0.29) is 0 Å². The fourth-order valence-electron chi connectivity index (χ4n) is 1.90. The van der Waals surface area contributed by atoms with Crippen LogP contribution in [-0.2, 0) is 4.79 Å². The molecule has 0 saturated carbocycles. The minimum Gasteiger partial charge on any atom is -0.388 e. The van der Waals surface area contributed by atoms with Crippen molar-refractivity contribution in [1.82, 2.24) is 4.90 Å². The van der Waals surface area contributed by atoms with E-state index in [1.54, 1.807) is 0 Å². The predicted octanol–water partition coefficient (Wildman–Crippen LogP) is 0.421. The van der Waals surface area contributed by atoms with Crippen molar-refractivity contribution < 1.29 is 9.90 Å². The van der Waals surface area contributed by atoms with E-state index in [9.17, 15) is 9.90 Å². The van der Waals surface area contributed by atoms with Gasteiger partial charge in [0.05, 0.1) is 5.60 Å². The molecule has 2 atom stereocenters. The topological polar surface area (TPSA) is 40.5 Å². The summed E-state index contributed by atoms with van der Waals surface area (Å²) in [4.78, 5) is 12.3. The van der Waals surface area contributed by atoms with Crippen molar-refractivity contribution in [3.8, 4) is 0 Å². The number of likely N-dealkylation sites (tertiary alicyclic amines) is 1. The highest BCUT2D eigenvalue weighted by molar-refractivity contribution is 5.49. The summed E-state index contributed by atoms with van der Waals surface area (Å²) < 4.78 is 0. The molecule has 0 amide bonds. The zero-order chi connectivity index (χ0) is 9.19. The molecule has 1 N–H and O–H groups in total. The molecule has 12 heavy (non-hydrogen) atoms. The quantitative estimate of drug-likeness (QED) is 0.626. The van der Waals surface area contributed by atoms with Crippen LogP contribution < -0.4 is 0 Å². The summed E-state index contributed by atoms with van der Waals surface area (Å²) >= 11 is 0. The SMILES string of the molecule is CC1CC(O)(CCC=O)CN1C. The van der Waals surface area contributed by atoms with E-state index in [1.807, 2.05) is 7.05 Å². The Morgan fingerprint density at radius 2 is 2.42 bits per heavy atom. The van der Waals surface area contributed by atoms with E-state index in [0.29, 0.717) is 25.4 Å². The Hall–Kier alpha value is -0.410. The van der Waals surface area contributed by atoms with Crippen LogP contribution in [0.4, 0.5) is 0 Å². The smallest absolute Gasteiger partial charge is 0.120 e. The largest absolute Gasteiger partial charge is 0.388 e. The van der Waals surface area contributed by atoms with Gasteiger partial charge in [-0.3, -0.25) is 0 Å². The van der Waals surface area contributed by atoms with Gasteiger partial charge in [-0.15, -0.1) is 0 Å². The Bertz CT molecular complexity index is 160. The van der Waals surface area contributed by atoms with Crippen molar-refractivity contribution in [3.63, 3.8) is 0 Å². The lowest BCUT2D eigenvalue weighted by Gasteiger charge is -2.20. The van der Waals surface area contributed by atoms with Crippen molar-refractivity contribution in [2.75, 3.05) is 13.6 Å². The first-order valence-electron chi connectivity index (χ1n) is 4.44. The van der Waals surface area contributed by atoms with Gasteiger partial charge < -0.3 is 14.8 Å². The van der Waals surface area contributed by atoms with Crippen molar-refractivity contribution in [1.29, 1.82) is 0 Å². The molecule has 3 nitrogen and oxygen atoms in total. The van der Waals surface area contributed by atoms with Crippen LogP contribution in [0.2, 0.25) is 0 Å². The van der Waals surface area contributed by atoms with Crippen molar-refractivity contribution in [2.24, 2.45) is 0 Å². The summed E-state index contributed by atoms with van der Waals surface area (Å²) in [6, 6.07) is 0.432. The molecule has 0 bridgehead atoms. The normalized spacial score (nSPS) is 37.1. The van der Waals surface area contributed by atoms with Gasteiger partial charge in [0.2, 0.25) is 0 Å². The van der Waals surface area contributed by atoms with Crippen LogP contribution in [0.1, 0.15) is 26.2 Å². The molecule has 0 aliphatic carbocycles. The predicted molar refractivity (Wildman–Crippen MR) is 47.0 cm³/mol. The number of β-amino-alcohol motifs (C(OH)–C–C–N with tert-alkyl or cyclic N) is 1. The van der Waals surface area contributed by atoms with Gasteiger partial charge in [0.1, 0.15) is 6.29 Å². The van der Waals surface area contributed by atoms with E-state index in [1.165, 1.54) is 0 Å². The average Bonchev–Trinajstić information content (AvgIpc) is 2.24. The molecule has 0 aromatic carbocycles. The van der Waals surface area contributed by atoms with Gasteiger partial charge >= 0.3 is 0 Å². The molecule has 3 heteroatoms. The van der Waals surface area contributed by atoms with Gasteiger partial charge in [0.15, 0.2) is 0 Å². The molecule has 0 aromatic rings. The van der Waals surface area contributed by atoms with Crippen molar-refractivity contribution >= 4 is 6.29 Å². The molecule has 70 valence electrons. The number of hydrogen-bond donors (Lipinski definition) is 1. The van der Waals surface area contributed by atoms with Gasteiger partial charge in [-0.2, -0.15) is 0 Å². The second-order valence-electron chi connectivity index (χ2n) is 3.90. The second-order valence-corrected chi connectivity index (χ2v) is 3.90. The number of likely N-dealkylation sites (N-methyl/N-ethyl adjacent to an activating group) is 1. The van der Waals surface area contributed by atoms with Crippen molar-refractivity contribution in [2.45, 2.75) is 37.8 Å². The van der Waals surface area contributed by atoms with Crippen LogP contribution in [0.5, 0.6) is 0 Å². The monoisotopic (exact) mass is 171 g/mol. The summed E-state index contributed by atoms with van der Waals surface area (Å²) in [6.45, 7) is 2.79. The molecule has 0 radical (unpaired) electrons. The number of hydrogen-bond acceptors (Lipinski definition) is 3. The first-order chi connectivity index (χ1) is 5.57. The Kier molecular flexibility index (Phi) is 2.85. The van der Waals surface area contributed by atoms with E-state index >= 15 is 0 Å². The van der Waals surface area contributed by atoms with Gasteiger partial charge in [-0.1, -0.05) is 0 Å². The van der Waals surface area contributed by atoms with E-state index in [4.69, 9.17) is 0 Å². The number of aldehydes is 1. The number of rotatable bonds is 3. The van der Waals surface area contributed by atoms with Crippen LogP contribution >= 0.6 is 0 Å². The van der Waals surface area contributed by atoms with Crippen molar-refractivity contribution in [3.05, 3.63) is 0 Å². The zero-order valence-electron chi connectivity index (χ0n) is 7.79. The Labute approximate surface area is 73.4 Å². The summed E-state index contributed by atoms with van der Waals surface area (Å²) in [5, 5.41) is 9.96. The van der Waals surface area contributed by atoms with Crippen LogP contribution in [0.15, 0.2) is 0 Å². The number of aliphatic hydroxyl groups is 1. The third-order valence-corrected chi connectivity index (χ3v) is 2.70. The molecule has 0 aromatic heterocycles. The molecule has 1 rings (SSSR count). The summed E-state index contributed by atoms with van der Waals surface area (Å²) in [5.74, 6) is 0. The summed E-state index contributed by atoms with van der Waals surface area (Å²) in [6.07, 6.45) is 2.74. The average molecular weight is 171 g/mol. The fraction of sp³-hybridized carbons (Fsp3) is 0.889. The van der Waals surface area contributed by atoms with Crippen LogP contribution in [0.3, 0.4) is 0 Å². The molecular weight excluding hydrogens is 154 g/mol. The molecule has 1 aliphatic heterocycles. The Morgan fingerprint density at radius 1 is 1.75 bits per heavy atom. The maximum absolute atomic E-state index is 10.1. The highest BCUT2D eigenvalue weighted by Crippen LogP contribution is 2.28.